The lowest BCUT2D eigenvalue weighted by molar-refractivity contribution is -0.119. The fourth-order valence-electron chi connectivity index (χ4n) is 2.41. The molecule has 0 unspecified atom stereocenters. The number of nitrogens with one attached hydrogen (secondary N) is 3. The molecule has 0 spiro atoms. The number of anilines is 1. The fourth-order valence-corrected chi connectivity index (χ4v) is 2.41. The smallest absolute Gasteiger partial charge is 0.320 e. The number of para-hydroxylation sites is 1. The second-order valence-electron chi connectivity index (χ2n) is 5.90. The molecule has 1 aromatic heterocycles. The summed E-state index contributed by atoms with van der Waals surface area (Å²) in [5.74, 6) is 1.04. The molecule has 0 atom stereocenters. The average Bonchev–Trinajstić information content (AvgIpc) is 3.33. The normalized spacial score (nSPS) is 13.4. The molecule has 1 aliphatic carbocycles. The number of amides is 3. The molecule has 0 radical (unpaired) electrons. The molecule has 3 amide bonds. The lowest BCUT2D eigenvalue weighted by atomic mass is 10.2. The topological polar surface area (TPSA) is 88.1 Å². The van der Waals surface area contributed by atoms with Gasteiger partial charge in [-0.05, 0) is 37.3 Å². The Morgan fingerprint density at radius 1 is 1.25 bits per heavy atom. The molecule has 3 rings (SSSR count). The number of aromatic nitrogens is 2. The van der Waals surface area contributed by atoms with Gasteiger partial charge in [0.15, 0.2) is 0 Å². The predicted molar refractivity (Wildman–Crippen MR) is 91.1 cm³/mol. The summed E-state index contributed by atoms with van der Waals surface area (Å²) in [6, 6.07) is 11.1. The molecular weight excluding hydrogens is 306 g/mol. The number of rotatable bonds is 6. The van der Waals surface area contributed by atoms with Gasteiger partial charge in [-0.2, -0.15) is 5.10 Å². The van der Waals surface area contributed by atoms with E-state index in [-0.39, 0.29) is 12.5 Å². The van der Waals surface area contributed by atoms with Gasteiger partial charge in [0, 0.05) is 13.1 Å². The molecule has 0 saturated heterocycles. The van der Waals surface area contributed by atoms with Crippen molar-refractivity contribution in [2.75, 3.05) is 18.9 Å². The van der Waals surface area contributed by atoms with Crippen molar-refractivity contribution in [3.05, 3.63) is 42.1 Å². The zero-order valence-corrected chi connectivity index (χ0v) is 13.6. The second-order valence-corrected chi connectivity index (χ2v) is 5.90. The molecule has 1 saturated carbocycles. The molecule has 0 bridgehead atoms. The van der Waals surface area contributed by atoms with E-state index >= 15 is 0 Å². The average molecular weight is 327 g/mol. The largest absolute Gasteiger partial charge is 0.358 e. The first-order valence-electron chi connectivity index (χ1n) is 8.05. The van der Waals surface area contributed by atoms with Crippen molar-refractivity contribution in [2.24, 2.45) is 5.92 Å². The highest BCUT2D eigenvalue weighted by Crippen LogP contribution is 2.33. The second kappa shape index (κ2) is 7.16. The van der Waals surface area contributed by atoms with Crippen molar-refractivity contribution in [1.82, 2.24) is 20.4 Å². The van der Waals surface area contributed by atoms with Gasteiger partial charge >= 0.3 is 6.03 Å². The van der Waals surface area contributed by atoms with E-state index in [0.29, 0.717) is 11.7 Å². The zero-order valence-electron chi connectivity index (χ0n) is 13.6. The van der Waals surface area contributed by atoms with E-state index in [2.05, 4.69) is 21.0 Å². The van der Waals surface area contributed by atoms with Crippen LogP contribution in [0.4, 0.5) is 10.6 Å². The highest BCUT2D eigenvalue weighted by molar-refractivity contribution is 5.91. The van der Waals surface area contributed by atoms with Crippen molar-refractivity contribution in [3.63, 3.8) is 0 Å². The molecular formula is C17H21N5O2. The summed E-state index contributed by atoms with van der Waals surface area (Å²) in [6.07, 6.45) is 3.41. The first-order chi connectivity index (χ1) is 11.7. The molecule has 7 nitrogen and oxygen atoms in total. The van der Waals surface area contributed by atoms with Crippen LogP contribution in [0.1, 0.15) is 18.5 Å². The third kappa shape index (κ3) is 4.13. The van der Waals surface area contributed by atoms with Gasteiger partial charge in [-0.1, -0.05) is 18.2 Å². The third-order valence-corrected chi connectivity index (χ3v) is 3.89. The van der Waals surface area contributed by atoms with E-state index in [0.717, 1.165) is 17.8 Å². The first-order valence-corrected chi connectivity index (χ1v) is 8.05. The maximum absolute atomic E-state index is 12.0. The highest BCUT2D eigenvalue weighted by atomic mass is 16.2. The van der Waals surface area contributed by atoms with Gasteiger partial charge in [-0.15, -0.1) is 0 Å². The number of carbonyl (C=O) groups is 2. The Labute approximate surface area is 140 Å². The van der Waals surface area contributed by atoms with Crippen LogP contribution in [0.3, 0.4) is 0 Å². The Bertz CT molecular complexity index is 722. The summed E-state index contributed by atoms with van der Waals surface area (Å²) in [7, 11) is 1.52. The van der Waals surface area contributed by atoms with E-state index in [4.69, 9.17) is 0 Å². The quantitative estimate of drug-likeness (QED) is 0.754. The minimum Gasteiger partial charge on any atom is -0.358 e. The van der Waals surface area contributed by atoms with Gasteiger partial charge < -0.3 is 10.6 Å². The Hall–Kier alpha value is -2.83. The van der Waals surface area contributed by atoms with E-state index < -0.39 is 6.03 Å². The SMILES string of the molecule is CNC(=O)CNC(=O)Nc1cc(CC2CC2)nn1-c1ccccc1. The van der Waals surface area contributed by atoms with Gasteiger partial charge in [0.05, 0.1) is 17.9 Å². The first kappa shape index (κ1) is 16.0. The van der Waals surface area contributed by atoms with Gasteiger partial charge in [-0.25, -0.2) is 9.48 Å². The van der Waals surface area contributed by atoms with Gasteiger partial charge in [0.1, 0.15) is 5.82 Å². The maximum atomic E-state index is 12.0. The summed E-state index contributed by atoms with van der Waals surface area (Å²) in [6.45, 7) is -0.0727. The number of urea groups is 1. The van der Waals surface area contributed by atoms with E-state index in [1.165, 1.54) is 19.9 Å². The van der Waals surface area contributed by atoms with Crippen molar-refractivity contribution < 1.29 is 9.59 Å². The lowest BCUT2D eigenvalue weighted by Crippen LogP contribution is -2.37. The number of carbonyl (C=O) groups excluding carboxylic acids is 2. The Morgan fingerprint density at radius 2 is 2.00 bits per heavy atom. The molecule has 2 aromatic rings. The standard InChI is InChI=1S/C17H21N5O2/c1-18-16(23)11-19-17(24)20-15-10-13(9-12-7-8-12)21-22(15)14-5-3-2-4-6-14/h2-6,10,12H,7-9,11H2,1H3,(H,18,23)(H2,19,20,24). The Kier molecular flexibility index (Phi) is 4.79. The van der Waals surface area contributed by atoms with Crippen LogP contribution < -0.4 is 16.0 Å². The molecule has 1 aromatic carbocycles. The van der Waals surface area contributed by atoms with Crippen molar-refractivity contribution in [2.45, 2.75) is 19.3 Å². The molecule has 1 heterocycles. The van der Waals surface area contributed by atoms with E-state index in [1.807, 2.05) is 36.4 Å². The number of hydrogen-bond donors (Lipinski definition) is 3. The molecule has 126 valence electrons. The molecule has 0 aliphatic heterocycles. The van der Waals surface area contributed by atoms with Crippen molar-refractivity contribution >= 4 is 17.8 Å². The van der Waals surface area contributed by atoms with Crippen LogP contribution >= 0.6 is 0 Å². The van der Waals surface area contributed by atoms with Crippen LogP contribution in [-0.4, -0.2) is 35.3 Å². The predicted octanol–water partition coefficient (Wildman–Crippen LogP) is 1.69. The summed E-state index contributed by atoms with van der Waals surface area (Å²) in [5, 5.41) is 12.4. The number of likely N-dealkylation sites (N-methyl/N-ethyl adjacent to an activating group) is 1. The van der Waals surface area contributed by atoms with Gasteiger partial charge in [0.25, 0.3) is 0 Å². The number of nitrogens with zero attached hydrogens (tertiary/aromatic N) is 2. The zero-order chi connectivity index (χ0) is 16.9. The van der Waals surface area contributed by atoms with E-state index in [9.17, 15) is 9.59 Å². The summed E-state index contributed by atoms with van der Waals surface area (Å²) < 4.78 is 1.72. The van der Waals surface area contributed by atoms with Crippen LogP contribution in [0.5, 0.6) is 0 Å². The van der Waals surface area contributed by atoms with Crippen LogP contribution in [0, 0.1) is 5.92 Å². The maximum Gasteiger partial charge on any atom is 0.320 e. The van der Waals surface area contributed by atoms with Crippen LogP contribution in [0.2, 0.25) is 0 Å². The highest BCUT2D eigenvalue weighted by Gasteiger charge is 2.24. The van der Waals surface area contributed by atoms with E-state index in [1.54, 1.807) is 4.68 Å². The molecule has 7 heteroatoms. The fraction of sp³-hybridized carbons (Fsp3) is 0.353. The van der Waals surface area contributed by atoms with Crippen molar-refractivity contribution in [1.29, 1.82) is 0 Å². The molecule has 1 aliphatic rings. The molecule has 3 N–H and O–H groups in total. The lowest BCUT2D eigenvalue weighted by Gasteiger charge is -2.09. The van der Waals surface area contributed by atoms with Crippen LogP contribution in [0.15, 0.2) is 36.4 Å². The van der Waals surface area contributed by atoms with Gasteiger partial charge in [-0.3, -0.25) is 10.1 Å². The summed E-state index contributed by atoms with van der Waals surface area (Å²) in [4.78, 5) is 23.2. The monoisotopic (exact) mass is 327 g/mol. The minimum absolute atomic E-state index is 0.0727. The Balaban J connectivity index is 1.75. The summed E-state index contributed by atoms with van der Waals surface area (Å²) in [5.41, 5.74) is 1.84. The summed E-state index contributed by atoms with van der Waals surface area (Å²) >= 11 is 0. The van der Waals surface area contributed by atoms with Crippen LogP contribution in [0.25, 0.3) is 5.69 Å². The molecule has 1 fully saturated rings. The molecule has 24 heavy (non-hydrogen) atoms. The van der Waals surface area contributed by atoms with Crippen molar-refractivity contribution in [3.8, 4) is 5.69 Å². The minimum atomic E-state index is -0.436. The third-order valence-electron chi connectivity index (χ3n) is 3.89. The number of hydrogen-bond acceptors (Lipinski definition) is 3. The van der Waals surface area contributed by atoms with Crippen LogP contribution in [-0.2, 0) is 11.2 Å². The van der Waals surface area contributed by atoms with Gasteiger partial charge in [0.2, 0.25) is 5.91 Å². The number of benzene rings is 1. The Morgan fingerprint density at radius 3 is 2.67 bits per heavy atom.